The minimum Gasteiger partial charge on any atom is -0.370 e. The molecular weight excluding hydrogens is 298 g/mol. The van der Waals surface area contributed by atoms with Crippen LogP contribution in [0.15, 0.2) is 36.7 Å². The van der Waals surface area contributed by atoms with Gasteiger partial charge in [0.2, 0.25) is 0 Å². The molecule has 22 heavy (non-hydrogen) atoms. The van der Waals surface area contributed by atoms with Crippen molar-refractivity contribution in [3.05, 3.63) is 52.8 Å². The number of aryl methyl sites for hydroxylation is 1. The Morgan fingerprint density at radius 1 is 1.23 bits per heavy atom. The van der Waals surface area contributed by atoms with Crippen molar-refractivity contribution in [2.75, 3.05) is 23.3 Å². The number of rotatable bonds is 3. The Morgan fingerprint density at radius 3 is 2.73 bits per heavy atom. The van der Waals surface area contributed by atoms with E-state index in [0.29, 0.717) is 10.6 Å². The van der Waals surface area contributed by atoms with Crippen molar-refractivity contribution in [3.8, 4) is 0 Å². The first-order valence-corrected chi connectivity index (χ1v) is 7.79. The number of nitrogens with zero attached hydrogens (tertiary/aromatic N) is 2. The van der Waals surface area contributed by atoms with Crippen LogP contribution in [0, 0.1) is 6.92 Å². The summed E-state index contributed by atoms with van der Waals surface area (Å²) in [5.74, 6) is -0.154. The third-order valence-corrected chi connectivity index (χ3v) is 4.13. The number of anilines is 2. The van der Waals surface area contributed by atoms with Crippen LogP contribution in [-0.4, -0.2) is 24.0 Å². The Morgan fingerprint density at radius 2 is 2.00 bits per heavy atom. The topological polar surface area (TPSA) is 45.2 Å². The van der Waals surface area contributed by atoms with Crippen molar-refractivity contribution in [2.24, 2.45) is 0 Å². The van der Waals surface area contributed by atoms with Gasteiger partial charge in [0.1, 0.15) is 0 Å². The van der Waals surface area contributed by atoms with Gasteiger partial charge in [-0.3, -0.25) is 9.78 Å². The number of hydrogen-bond acceptors (Lipinski definition) is 3. The molecule has 1 N–H and O–H groups in total. The van der Waals surface area contributed by atoms with E-state index in [4.69, 9.17) is 11.6 Å². The van der Waals surface area contributed by atoms with Gasteiger partial charge in [-0.25, -0.2) is 0 Å². The van der Waals surface area contributed by atoms with E-state index < -0.39 is 0 Å². The molecule has 1 aliphatic heterocycles. The summed E-state index contributed by atoms with van der Waals surface area (Å²) in [6.45, 7) is 3.98. The number of nitrogens with one attached hydrogen (secondary N) is 1. The average molecular weight is 316 g/mol. The second-order valence-electron chi connectivity index (χ2n) is 5.54. The first-order chi connectivity index (χ1) is 10.6. The van der Waals surface area contributed by atoms with Crippen molar-refractivity contribution in [1.29, 1.82) is 0 Å². The van der Waals surface area contributed by atoms with Gasteiger partial charge in [-0.2, -0.15) is 0 Å². The van der Waals surface area contributed by atoms with Crippen LogP contribution in [0.4, 0.5) is 11.4 Å². The molecule has 0 spiro atoms. The van der Waals surface area contributed by atoms with E-state index in [1.807, 2.05) is 31.3 Å². The molecule has 5 heteroatoms. The summed E-state index contributed by atoms with van der Waals surface area (Å²) in [5.41, 5.74) is 3.28. The van der Waals surface area contributed by atoms with E-state index in [1.165, 1.54) is 12.8 Å². The normalized spacial score (nSPS) is 14.2. The summed E-state index contributed by atoms with van der Waals surface area (Å²) in [5, 5.41) is 3.58. The Hall–Kier alpha value is -2.07. The van der Waals surface area contributed by atoms with Gasteiger partial charge < -0.3 is 10.2 Å². The lowest BCUT2D eigenvalue weighted by atomic mass is 10.2. The van der Waals surface area contributed by atoms with Crippen LogP contribution in [-0.2, 0) is 0 Å². The number of aromatic nitrogens is 1. The largest absolute Gasteiger partial charge is 0.370 e. The van der Waals surface area contributed by atoms with Gasteiger partial charge in [0.05, 0.1) is 17.4 Å². The zero-order valence-electron chi connectivity index (χ0n) is 12.5. The van der Waals surface area contributed by atoms with Gasteiger partial charge in [-0.1, -0.05) is 11.6 Å². The highest BCUT2D eigenvalue weighted by molar-refractivity contribution is 6.30. The fourth-order valence-electron chi connectivity index (χ4n) is 2.66. The maximum atomic E-state index is 12.4. The number of hydrogen-bond donors (Lipinski definition) is 1. The van der Waals surface area contributed by atoms with E-state index in [2.05, 4.69) is 15.2 Å². The Kier molecular flexibility index (Phi) is 4.29. The zero-order chi connectivity index (χ0) is 15.5. The Bertz CT molecular complexity index is 696. The van der Waals surface area contributed by atoms with Crippen LogP contribution in [0.3, 0.4) is 0 Å². The van der Waals surface area contributed by atoms with Gasteiger partial charge in [0.25, 0.3) is 5.91 Å². The second kappa shape index (κ2) is 6.36. The van der Waals surface area contributed by atoms with Crippen molar-refractivity contribution < 1.29 is 4.79 Å². The summed E-state index contributed by atoms with van der Waals surface area (Å²) in [6.07, 6.45) is 5.80. The van der Waals surface area contributed by atoms with Gasteiger partial charge >= 0.3 is 0 Å². The van der Waals surface area contributed by atoms with Crippen LogP contribution < -0.4 is 10.2 Å². The molecule has 0 radical (unpaired) electrons. The molecule has 1 aromatic heterocycles. The molecule has 1 aliphatic rings. The van der Waals surface area contributed by atoms with Crippen LogP contribution in [0.25, 0.3) is 0 Å². The molecular formula is C17H18ClN3O. The number of halogens is 1. The predicted molar refractivity (Wildman–Crippen MR) is 89.8 cm³/mol. The maximum absolute atomic E-state index is 12.4. The average Bonchev–Trinajstić information content (AvgIpc) is 3.04. The van der Waals surface area contributed by atoms with Gasteiger partial charge in [0, 0.05) is 30.0 Å². The van der Waals surface area contributed by atoms with Crippen molar-refractivity contribution in [3.63, 3.8) is 0 Å². The molecule has 1 fully saturated rings. The SMILES string of the molecule is Cc1cc(Cl)ccc1NC(=O)c1cncc(N2CCCC2)c1. The fraction of sp³-hybridized carbons (Fsp3) is 0.294. The summed E-state index contributed by atoms with van der Waals surface area (Å²) >= 11 is 5.94. The van der Waals surface area contributed by atoms with Crippen LogP contribution in [0.1, 0.15) is 28.8 Å². The van der Waals surface area contributed by atoms with E-state index in [1.54, 1.807) is 12.3 Å². The van der Waals surface area contributed by atoms with Crippen LogP contribution in [0.2, 0.25) is 5.02 Å². The van der Waals surface area contributed by atoms with E-state index in [9.17, 15) is 4.79 Å². The summed E-state index contributed by atoms with van der Waals surface area (Å²) in [7, 11) is 0. The summed E-state index contributed by atoms with van der Waals surface area (Å²) < 4.78 is 0. The van der Waals surface area contributed by atoms with E-state index in [0.717, 1.165) is 30.0 Å². The molecule has 4 nitrogen and oxygen atoms in total. The number of carbonyl (C=O) groups excluding carboxylic acids is 1. The standard InChI is InChI=1S/C17H18ClN3O/c1-12-8-14(18)4-5-16(12)20-17(22)13-9-15(11-19-10-13)21-6-2-3-7-21/h4-5,8-11H,2-3,6-7H2,1H3,(H,20,22). The molecule has 2 heterocycles. The first kappa shape index (κ1) is 14.9. The zero-order valence-corrected chi connectivity index (χ0v) is 13.2. The molecule has 3 rings (SSSR count). The maximum Gasteiger partial charge on any atom is 0.257 e. The van der Waals surface area contributed by atoms with Crippen LogP contribution >= 0.6 is 11.6 Å². The molecule has 0 aliphatic carbocycles. The smallest absolute Gasteiger partial charge is 0.257 e. The lowest BCUT2D eigenvalue weighted by molar-refractivity contribution is 0.102. The number of carbonyl (C=O) groups is 1. The molecule has 1 aromatic carbocycles. The highest BCUT2D eigenvalue weighted by Crippen LogP contribution is 2.22. The Balaban J connectivity index is 1.78. The molecule has 2 aromatic rings. The van der Waals surface area contributed by atoms with Gasteiger partial charge in [-0.15, -0.1) is 0 Å². The molecule has 1 amide bonds. The number of benzene rings is 1. The van der Waals surface area contributed by atoms with Crippen molar-refractivity contribution in [2.45, 2.75) is 19.8 Å². The number of pyridine rings is 1. The molecule has 0 unspecified atom stereocenters. The highest BCUT2D eigenvalue weighted by atomic mass is 35.5. The summed E-state index contributed by atoms with van der Waals surface area (Å²) in [6, 6.07) is 7.31. The van der Waals surface area contributed by atoms with Crippen molar-refractivity contribution in [1.82, 2.24) is 4.98 Å². The summed E-state index contributed by atoms with van der Waals surface area (Å²) in [4.78, 5) is 18.9. The van der Waals surface area contributed by atoms with E-state index >= 15 is 0 Å². The Labute approximate surface area is 135 Å². The van der Waals surface area contributed by atoms with E-state index in [-0.39, 0.29) is 5.91 Å². The van der Waals surface area contributed by atoms with Gasteiger partial charge in [-0.05, 0) is 49.6 Å². The number of amides is 1. The minimum atomic E-state index is -0.154. The molecule has 0 atom stereocenters. The third-order valence-electron chi connectivity index (χ3n) is 3.89. The molecule has 114 valence electrons. The lowest BCUT2D eigenvalue weighted by Crippen LogP contribution is -2.19. The third kappa shape index (κ3) is 3.22. The predicted octanol–water partition coefficient (Wildman–Crippen LogP) is 3.90. The van der Waals surface area contributed by atoms with Gasteiger partial charge in [0.15, 0.2) is 0 Å². The molecule has 0 bridgehead atoms. The first-order valence-electron chi connectivity index (χ1n) is 7.41. The minimum absolute atomic E-state index is 0.154. The van der Waals surface area contributed by atoms with Crippen LogP contribution in [0.5, 0.6) is 0 Å². The monoisotopic (exact) mass is 315 g/mol. The second-order valence-corrected chi connectivity index (χ2v) is 5.98. The quantitative estimate of drug-likeness (QED) is 0.934. The fourth-order valence-corrected chi connectivity index (χ4v) is 2.89. The lowest BCUT2D eigenvalue weighted by Gasteiger charge is -2.17. The highest BCUT2D eigenvalue weighted by Gasteiger charge is 2.15. The molecule has 0 saturated carbocycles. The molecule has 1 saturated heterocycles. The van der Waals surface area contributed by atoms with Crippen molar-refractivity contribution >= 4 is 28.9 Å².